The first-order chi connectivity index (χ1) is 9.63. The molecule has 0 amide bonds. The van der Waals surface area contributed by atoms with E-state index in [1.165, 1.54) is 0 Å². The van der Waals surface area contributed by atoms with Crippen LogP contribution in [0.2, 0.25) is 0 Å². The van der Waals surface area contributed by atoms with Gasteiger partial charge in [-0.2, -0.15) is 0 Å². The van der Waals surface area contributed by atoms with Crippen molar-refractivity contribution < 1.29 is 9.52 Å². The molecule has 2 aromatic heterocycles. The third-order valence-corrected chi connectivity index (χ3v) is 4.80. The van der Waals surface area contributed by atoms with E-state index in [0.717, 1.165) is 30.4 Å². The number of hydrogen-bond acceptors (Lipinski definition) is 5. The minimum absolute atomic E-state index is 0.621. The maximum absolute atomic E-state index is 10.3. The van der Waals surface area contributed by atoms with Gasteiger partial charge in [0.1, 0.15) is 0 Å². The van der Waals surface area contributed by atoms with E-state index in [9.17, 15) is 5.11 Å². The third-order valence-electron chi connectivity index (χ3n) is 3.56. The van der Waals surface area contributed by atoms with Crippen LogP contribution in [-0.2, 0) is 6.54 Å². The lowest BCUT2D eigenvalue weighted by Crippen LogP contribution is -2.29. The molecule has 2 rings (SSSR count). The number of nitrogens with zero attached hydrogens (tertiary/aromatic N) is 3. The van der Waals surface area contributed by atoms with Crippen molar-refractivity contribution in [3.05, 3.63) is 18.4 Å². The normalized spacial score (nSPS) is 12.0. The molecule has 0 aliphatic rings. The Bertz CT molecular complexity index is 533. The SMILES string of the molecule is CCn1c(SCC(O)(CC)CC)nnc1-c1ccco1. The summed E-state index contributed by atoms with van der Waals surface area (Å²) in [5.41, 5.74) is -0.639. The summed E-state index contributed by atoms with van der Waals surface area (Å²) in [7, 11) is 0. The second kappa shape index (κ2) is 6.45. The quantitative estimate of drug-likeness (QED) is 0.795. The van der Waals surface area contributed by atoms with E-state index in [4.69, 9.17) is 4.42 Å². The van der Waals surface area contributed by atoms with E-state index in [2.05, 4.69) is 10.2 Å². The van der Waals surface area contributed by atoms with Gasteiger partial charge < -0.3 is 9.52 Å². The number of aliphatic hydroxyl groups is 1. The summed E-state index contributed by atoms with van der Waals surface area (Å²) >= 11 is 1.54. The minimum atomic E-state index is -0.639. The van der Waals surface area contributed by atoms with E-state index < -0.39 is 5.60 Å². The fourth-order valence-electron chi connectivity index (χ4n) is 1.92. The average Bonchev–Trinajstić information content (AvgIpc) is 3.12. The molecule has 0 fully saturated rings. The number of furan rings is 1. The minimum Gasteiger partial charge on any atom is -0.461 e. The molecule has 110 valence electrons. The Morgan fingerprint density at radius 3 is 2.60 bits per heavy atom. The van der Waals surface area contributed by atoms with E-state index in [1.807, 2.05) is 37.5 Å². The monoisotopic (exact) mass is 295 g/mol. The molecule has 0 radical (unpaired) electrons. The number of rotatable bonds is 7. The fourth-order valence-corrected chi connectivity index (χ4v) is 3.20. The van der Waals surface area contributed by atoms with Crippen molar-refractivity contribution in [2.75, 3.05) is 5.75 Å². The molecule has 0 bridgehead atoms. The van der Waals surface area contributed by atoms with Crippen molar-refractivity contribution in [1.29, 1.82) is 0 Å². The van der Waals surface area contributed by atoms with Crippen LogP contribution in [0.1, 0.15) is 33.6 Å². The molecule has 2 heterocycles. The zero-order valence-corrected chi connectivity index (χ0v) is 13.0. The highest BCUT2D eigenvalue weighted by Gasteiger charge is 2.24. The number of hydrogen-bond donors (Lipinski definition) is 1. The standard InChI is InChI=1S/C14H21N3O2S/c1-4-14(18,5-2)10-20-13-16-15-12(17(13)6-3)11-8-7-9-19-11/h7-9,18H,4-6,10H2,1-3H3. The van der Waals surface area contributed by atoms with Gasteiger partial charge in [-0.25, -0.2) is 0 Å². The lowest BCUT2D eigenvalue weighted by atomic mass is 10.0. The van der Waals surface area contributed by atoms with Crippen molar-refractivity contribution in [3.8, 4) is 11.6 Å². The second-order valence-electron chi connectivity index (χ2n) is 4.75. The summed E-state index contributed by atoms with van der Waals surface area (Å²) in [4.78, 5) is 0. The zero-order valence-electron chi connectivity index (χ0n) is 12.2. The van der Waals surface area contributed by atoms with Crippen LogP contribution < -0.4 is 0 Å². The van der Waals surface area contributed by atoms with Crippen molar-refractivity contribution in [2.45, 2.75) is 50.9 Å². The van der Waals surface area contributed by atoms with E-state index in [-0.39, 0.29) is 0 Å². The van der Waals surface area contributed by atoms with Crippen molar-refractivity contribution in [3.63, 3.8) is 0 Å². The summed E-state index contributed by atoms with van der Waals surface area (Å²) in [5, 5.41) is 19.6. The second-order valence-corrected chi connectivity index (χ2v) is 5.69. The summed E-state index contributed by atoms with van der Waals surface area (Å²) in [6.07, 6.45) is 3.10. The summed E-state index contributed by atoms with van der Waals surface area (Å²) < 4.78 is 7.39. The molecule has 6 heteroatoms. The lowest BCUT2D eigenvalue weighted by Gasteiger charge is -2.24. The van der Waals surface area contributed by atoms with Crippen LogP contribution >= 0.6 is 11.8 Å². The van der Waals surface area contributed by atoms with Crippen molar-refractivity contribution >= 4 is 11.8 Å². The Labute approximate surface area is 123 Å². The Hall–Kier alpha value is -1.27. The Morgan fingerprint density at radius 1 is 1.30 bits per heavy atom. The number of thioether (sulfide) groups is 1. The van der Waals surface area contributed by atoms with Gasteiger partial charge in [-0.3, -0.25) is 4.57 Å². The molecule has 0 saturated heterocycles. The number of aromatic nitrogens is 3. The first-order valence-corrected chi connectivity index (χ1v) is 7.94. The van der Waals surface area contributed by atoms with Gasteiger partial charge >= 0.3 is 0 Å². The first-order valence-electron chi connectivity index (χ1n) is 6.95. The molecule has 0 unspecified atom stereocenters. The van der Waals surface area contributed by atoms with E-state index >= 15 is 0 Å². The molecule has 5 nitrogen and oxygen atoms in total. The Balaban J connectivity index is 2.17. The highest BCUT2D eigenvalue weighted by Crippen LogP contribution is 2.28. The highest BCUT2D eigenvalue weighted by molar-refractivity contribution is 7.99. The summed E-state index contributed by atoms with van der Waals surface area (Å²) in [6, 6.07) is 3.71. The third kappa shape index (κ3) is 3.07. The average molecular weight is 295 g/mol. The maximum atomic E-state index is 10.3. The van der Waals surface area contributed by atoms with Gasteiger partial charge in [-0.05, 0) is 31.9 Å². The highest BCUT2D eigenvalue weighted by atomic mass is 32.2. The molecular weight excluding hydrogens is 274 g/mol. The van der Waals surface area contributed by atoms with Gasteiger partial charge in [0.15, 0.2) is 16.7 Å². The van der Waals surface area contributed by atoms with Crippen LogP contribution in [0.25, 0.3) is 11.6 Å². The smallest absolute Gasteiger partial charge is 0.200 e. The molecule has 0 aromatic carbocycles. The van der Waals surface area contributed by atoms with Crippen LogP contribution in [0.15, 0.2) is 28.0 Å². The summed E-state index contributed by atoms with van der Waals surface area (Å²) in [6.45, 7) is 6.82. The molecule has 0 aliphatic heterocycles. The molecule has 0 aliphatic carbocycles. The van der Waals surface area contributed by atoms with E-state index in [0.29, 0.717) is 11.5 Å². The largest absolute Gasteiger partial charge is 0.461 e. The van der Waals surface area contributed by atoms with Crippen LogP contribution in [0, 0.1) is 0 Å². The van der Waals surface area contributed by atoms with Gasteiger partial charge in [0.05, 0.1) is 11.9 Å². The van der Waals surface area contributed by atoms with Gasteiger partial charge in [0.25, 0.3) is 0 Å². The van der Waals surface area contributed by atoms with Crippen LogP contribution in [0.3, 0.4) is 0 Å². The zero-order chi connectivity index (χ0) is 14.6. The molecular formula is C14H21N3O2S. The van der Waals surface area contributed by atoms with Crippen molar-refractivity contribution in [2.24, 2.45) is 0 Å². The van der Waals surface area contributed by atoms with Crippen molar-refractivity contribution in [1.82, 2.24) is 14.8 Å². The predicted octanol–water partition coefficient (Wildman–Crippen LogP) is 3.20. The molecule has 0 saturated carbocycles. The molecule has 1 N–H and O–H groups in total. The molecule has 0 spiro atoms. The van der Waals surface area contributed by atoms with Crippen LogP contribution in [-0.4, -0.2) is 31.2 Å². The van der Waals surface area contributed by atoms with Crippen LogP contribution in [0.5, 0.6) is 0 Å². The van der Waals surface area contributed by atoms with Gasteiger partial charge in [-0.15, -0.1) is 10.2 Å². The van der Waals surface area contributed by atoms with Gasteiger partial charge in [0.2, 0.25) is 0 Å². The van der Waals surface area contributed by atoms with Gasteiger partial charge in [0, 0.05) is 12.3 Å². The molecule has 0 atom stereocenters. The first kappa shape index (κ1) is 15.1. The summed E-state index contributed by atoms with van der Waals surface area (Å²) in [5.74, 6) is 2.07. The molecule has 2 aromatic rings. The van der Waals surface area contributed by atoms with E-state index in [1.54, 1.807) is 18.0 Å². The maximum Gasteiger partial charge on any atom is 0.200 e. The van der Waals surface area contributed by atoms with Gasteiger partial charge in [-0.1, -0.05) is 25.6 Å². The Kier molecular flexibility index (Phi) is 4.88. The van der Waals surface area contributed by atoms with Crippen LogP contribution in [0.4, 0.5) is 0 Å². The fraction of sp³-hybridized carbons (Fsp3) is 0.571. The molecule has 20 heavy (non-hydrogen) atoms. The Morgan fingerprint density at radius 2 is 2.05 bits per heavy atom. The predicted molar refractivity (Wildman–Crippen MR) is 79.7 cm³/mol. The topological polar surface area (TPSA) is 64.1 Å². The lowest BCUT2D eigenvalue weighted by molar-refractivity contribution is 0.0571.